The quantitative estimate of drug-likeness (QED) is 0.416. The molecule has 1 fully saturated rings. The monoisotopic (exact) mass is 357 g/mol. The highest BCUT2D eigenvalue weighted by atomic mass is 16.2. The van der Waals surface area contributed by atoms with E-state index in [4.69, 9.17) is 0 Å². The number of hydrazone groups is 1. The fourth-order valence-corrected chi connectivity index (χ4v) is 2.69. The molecule has 0 atom stereocenters. The van der Waals surface area contributed by atoms with Gasteiger partial charge in [-0.3, -0.25) is 9.59 Å². The van der Waals surface area contributed by atoms with Crippen LogP contribution in [-0.4, -0.2) is 54.2 Å². The molecular weight excluding hydrogens is 330 g/mol. The van der Waals surface area contributed by atoms with Crippen LogP contribution in [0.5, 0.6) is 0 Å². The number of likely N-dealkylation sites (N-methyl/N-ethyl adjacent to an activating group) is 1. The van der Waals surface area contributed by atoms with Gasteiger partial charge in [-0.1, -0.05) is 6.08 Å². The van der Waals surface area contributed by atoms with Crippen molar-refractivity contribution in [2.75, 3.05) is 25.0 Å². The van der Waals surface area contributed by atoms with E-state index in [9.17, 15) is 9.59 Å². The number of hydrogen-bond donors (Lipinski definition) is 1. The van der Waals surface area contributed by atoms with E-state index >= 15 is 0 Å². The average Bonchev–Trinajstić information content (AvgIpc) is 2.59. The topological polar surface area (TPSA) is 77.9 Å². The first kappa shape index (κ1) is 19.6. The maximum absolute atomic E-state index is 11.7. The Morgan fingerprint density at radius 1 is 1.42 bits per heavy atom. The highest BCUT2D eigenvalue weighted by molar-refractivity contribution is 6.08. The van der Waals surface area contributed by atoms with Gasteiger partial charge in [0.15, 0.2) is 0 Å². The van der Waals surface area contributed by atoms with Crippen molar-refractivity contribution < 1.29 is 9.59 Å². The highest BCUT2D eigenvalue weighted by Crippen LogP contribution is 2.27. The predicted octanol–water partition coefficient (Wildman–Crippen LogP) is 1.94. The molecule has 7 nitrogen and oxygen atoms in total. The van der Waals surface area contributed by atoms with Crippen molar-refractivity contribution in [2.45, 2.75) is 39.2 Å². The van der Waals surface area contributed by atoms with Gasteiger partial charge in [-0.15, -0.1) is 0 Å². The van der Waals surface area contributed by atoms with Gasteiger partial charge in [0.1, 0.15) is 12.4 Å². The van der Waals surface area contributed by atoms with Crippen molar-refractivity contribution in [1.82, 2.24) is 15.3 Å². The van der Waals surface area contributed by atoms with Crippen molar-refractivity contribution in [3.05, 3.63) is 36.0 Å². The summed E-state index contributed by atoms with van der Waals surface area (Å²) in [7, 11) is 2.06. The van der Waals surface area contributed by atoms with Gasteiger partial charge in [0.05, 0.1) is 5.71 Å². The molecule has 0 saturated heterocycles. The molecular formula is C19H27N5O2. The molecule has 1 aliphatic rings. The summed E-state index contributed by atoms with van der Waals surface area (Å²) in [4.78, 5) is 29.7. The number of amides is 2. The van der Waals surface area contributed by atoms with E-state index in [0.29, 0.717) is 24.7 Å². The number of nitrogens with one attached hydrogen (secondary N) is 1. The lowest BCUT2D eigenvalue weighted by molar-refractivity contribution is -0.127. The number of allylic oxidation sites excluding steroid dienone is 2. The van der Waals surface area contributed by atoms with Gasteiger partial charge in [0, 0.05) is 31.4 Å². The molecule has 1 aliphatic carbocycles. The van der Waals surface area contributed by atoms with E-state index in [0.717, 1.165) is 16.4 Å². The number of carbonyl (C=O) groups excluding carboxylic acids is 2. The van der Waals surface area contributed by atoms with Gasteiger partial charge in [-0.25, -0.2) is 9.99 Å². The summed E-state index contributed by atoms with van der Waals surface area (Å²) in [6.07, 6.45) is 9.61. The third-order valence-corrected chi connectivity index (χ3v) is 4.39. The minimum Gasteiger partial charge on any atom is -0.357 e. The molecule has 0 radical (unpaired) electrons. The smallest absolute Gasteiger partial charge is 0.241 e. The molecule has 0 aliphatic heterocycles. The van der Waals surface area contributed by atoms with Gasteiger partial charge in [0.2, 0.25) is 12.3 Å². The van der Waals surface area contributed by atoms with E-state index < -0.39 is 0 Å². The van der Waals surface area contributed by atoms with Crippen LogP contribution < -0.4 is 10.2 Å². The van der Waals surface area contributed by atoms with Crippen molar-refractivity contribution >= 4 is 23.8 Å². The molecule has 1 saturated carbocycles. The average molecular weight is 357 g/mol. The Hall–Kier alpha value is -2.70. The van der Waals surface area contributed by atoms with Crippen LogP contribution in [0.4, 0.5) is 5.82 Å². The molecule has 1 N–H and O–H groups in total. The first-order valence-corrected chi connectivity index (χ1v) is 8.98. The van der Waals surface area contributed by atoms with Gasteiger partial charge in [-0.05, 0) is 51.3 Å². The first-order chi connectivity index (χ1) is 12.6. The molecule has 7 heteroatoms. The summed E-state index contributed by atoms with van der Waals surface area (Å²) < 4.78 is 0. The zero-order valence-corrected chi connectivity index (χ0v) is 15.7. The minimum absolute atomic E-state index is 0.117. The molecule has 2 amide bonds. The zero-order valence-electron chi connectivity index (χ0n) is 15.7. The SMILES string of the molecule is C/C=C\C(=N/N(C=O)CC(=O)NCC)c1ccc(N(C)C2CCC2)nc1. The van der Waals surface area contributed by atoms with E-state index in [-0.39, 0.29) is 12.5 Å². The molecule has 1 heterocycles. The minimum atomic E-state index is -0.251. The van der Waals surface area contributed by atoms with Crippen LogP contribution >= 0.6 is 0 Å². The first-order valence-electron chi connectivity index (χ1n) is 8.98. The largest absolute Gasteiger partial charge is 0.357 e. The lowest BCUT2D eigenvalue weighted by Gasteiger charge is -2.35. The number of nitrogens with zero attached hydrogens (tertiary/aromatic N) is 4. The van der Waals surface area contributed by atoms with Crippen LogP contribution in [0, 0.1) is 0 Å². The van der Waals surface area contributed by atoms with Crippen molar-refractivity contribution in [2.24, 2.45) is 5.10 Å². The number of aromatic nitrogens is 1. The van der Waals surface area contributed by atoms with Crippen molar-refractivity contribution in [3.8, 4) is 0 Å². The number of anilines is 1. The summed E-state index contributed by atoms with van der Waals surface area (Å²) in [6, 6.07) is 4.47. The number of hydrogen-bond acceptors (Lipinski definition) is 5. The van der Waals surface area contributed by atoms with Crippen molar-refractivity contribution in [1.29, 1.82) is 0 Å². The Bertz CT molecular complexity index is 665. The lowest BCUT2D eigenvalue weighted by Crippen LogP contribution is -2.37. The standard InChI is InChI=1S/C19H27N5O2/c1-4-7-17(22-24(14-25)13-19(26)20-5-2)15-10-11-18(21-12-15)23(3)16-8-6-9-16/h4,7,10-12,14,16H,5-6,8-9,13H2,1-3H3,(H,20,26)/b7-4-,22-17+. The molecule has 1 aromatic heterocycles. The maximum atomic E-state index is 11.7. The molecule has 26 heavy (non-hydrogen) atoms. The fourth-order valence-electron chi connectivity index (χ4n) is 2.69. The van der Waals surface area contributed by atoms with E-state index in [1.54, 1.807) is 12.3 Å². The summed E-state index contributed by atoms with van der Waals surface area (Å²) in [6.45, 7) is 4.09. The van der Waals surface area contributed by atoms with E-state index in [1.165, 1.54) is 19.3 Å². The van der Waals surface area contributed by atoms with Crippen LogP contribution in [0.15, 0.2) is 35.6 Å². The fraction of sp³-hybridized carbons (Fsp3) is 0.474. The van der Waals surface area contributed by atoms with Crippen LogP contribution in [0.2, 0.25) is 0 Å². The van der Waals surface area contributed by atoms with E-state index in [2.05, 4.69) is 27.3 Å². The Morgan fingerprint density at radius 3 is 2.69 bits per heavy atom. The van der Waals surface area contributed by atoms with E-state index in [1.807, 2.05) is 32.1 Å². The Labute approximate surface area is 154 Å². The second-order valence-corrected chi connectivity index (χ2v) is 6.24. The van der Waals surface area contributed by atoms with Crippen LogP contribution in [-0.2, 0) is 9.59 Å². The second-order valence-electron chi connectivity index (χ2n) is 6.24. The van der Waals surface area contributed by atoms with Crippen LogP contribution in [0.1, 0.15) is 38.7 Å². The van der Waals surface area contributed by atoms with Gasteiger partial charge in [-0.2, -0.15) is 5.10 Å². The van der Waals surface area contributed by atoms with Crippen molar-refractivity contribution in [3.63, 3.8) is 0 Å². The van der Waals surface area contributed by atoms with Crippen LogP contribution in [0.3, 0.4) is 0 Å². The Kier molecular flexibility index (Phi) is 7.32. The Morgan fingerprint density at radius 2 is 2.19 bits per heavy atom. The van der Waals surface area contributed by atoms with Gasteiger partial charge < -0.3 is 10.2 Å². The summed E-state index contributed by atoms with van der Waals surface area (Å²) >= 11 is 0. The second kappa shape index (κ2) is 9.70. The maximum Gasteiger partial charge on any atom is 0.241 e. The van der Waals surface area contributed by atoms with Crippen LogP contribution in [0.25, 0.3) is 0 Å². The molecule has 2 rings (SSSR count). The third-order valence-electron chi connectivity index (χ3n) is 4.39. The number of carbonyl (C=O) groups is 2. The molecule has 140 valence electrons. The zero-order chi connectivity index (χ0) is 18.9. The molecule has 0 unspecified atom stereocenters. The summed E-state index contributed by atoms with van der Waals surface area (Å²) in [5.41, 5.74) is 1.37. The molecule has 0 spiro atoms. The number of pyridine rings is 1. The third kappa shape index (κ3) is 5.15. The lowest BCUT2D eigenvalue weighted by atomic mass is 9.92. The van der Waals surface area contributed by atoms with Gasteiger partial charge >= 0.3 is 0 Å². The molecule has 0 aromatic carbocycles. The Balaban J connectivity index is 2.16. The summed E-state index contributed by atoms with van der Waals surface area (Å²) in [5.74, 6) is 0.673. The molecule has 1 aromatic rings. The predicted molar refractivity (Wildman–Crippen MR) is 103 cm³/mol. The normalized spacial score (nSPS) is 14.8. The molecule has 0 bridgehead atoms. The number of rotatable bonds is 9. The highest BCUT2D eigenvalue weighted by Gasteiger charge is 2.22. The van der Waals surface area contributed by atoms with Gasteiger partial charge in [0.25, 0.3) is 0 Å². The summed E-state index contributed by atoms with van der Waals surface area (Å²) in [5, 5.41) is 8.04.